The first kappa shape index (κ1) is 14.4. The number of nitrogens with one attached hydrogen (secondary N) is 1. The lowest BCUT2D eigenvalue weighted by Gasteiger charge is -2.22. The Morgan fingerprint density at radius 3 is 2.56 bits per heavy atom. The Hall–Kier alpha value is -0.0500. The highest BCUT2D eigenvalue weighted by molar-refractivity contribution is 7.16. The number of hydrogen-bond acceptors (Lipinski definition) is 2. The number of rotatable bonds is 5. The number of halogens is 1. The van der Waals surface area contributed by atoms with Gasteiger partial charge in [-0.05, 0) is 31.0 Å². The van der Waals surface area contributed by atoms with Gasteiger partial charge in [-0.2, -0.15) is 0 Å². The van der Waals surface area contributed by atoms with Gasteiger partial charge in [-0.15, -0.1) is 11.3 Å². The summed E-state index contributed by atoms with van der Waals surface area (Å²) in [6, 6.07) is 4.73. The summed E-state index contributed by atoms with van der Waals surface area (Å²) in [6.07, 6.45) is 9.84. The molecule has 0 aromatic carbocycles. The smallest absolute Gasteiger partial charge is 0.0931 e. The van der Waals surface area contributed by atoms with Gasteiger partial charge in [0.15, 0.2) is 0 Å². The van der Waals surface area contributed by atoms with Crippen molar-refractivity contribution in [1.82, 2.24) is 5.32 Å². The maximum Gasteiger partial charge on any atom is 0.0931 e. The first-order chi connectivity index (χ1) is 8.79. The van der Waals surface area contributed by atoms with Crippen molar-refractivity contribution in [2.24, 2.45) is 5.92 Å². The summed E-state index contributed by atoms with van der Waals surface area (Å²) in [5.74, 6) is 0.900. The average molecular weight is 286 g/mol. The van der Waals surface area contributed by atoms with Crippen LogP contribution in [-0.4, -0.2) is 6.54 Å². The van der Waals surface area contributed by atoms with Gasteiger partial charge in [0.25, 0.3) is 0 Å². The molecule has 1 unspecified atom stereocenters. The Labute approximate surface area is 120 Å². The molecule has 1 saturated carbocycles. The average Bonchev–Trinajstić information content (AvgIpc) is 2.63. The second kappa shape index (κ2) is 7.52. The fourth-order valence-corrected chi connectivity index (χ4v) is 4.14. The molecule has 1 N–H and O–H groups in total. The zero-order valence-electron chi connectivity index (χ0n) is 11.3. The molecule has 0 amide bonds. The van der Waals surface area contributed by atoms with Gasteiger partial charge >= 0.3 is 0 Å². The summed E-state index contributed by atoms with van der Waals surface area (Å²) in [4.78, 5) is 1.41. The van der Waals surface area contributed by atoms with E-state index in [9.17, 15) is 0 Å². The van der Waals surface area contributed by atoms with E-state index in [1.54, 1.807) is 11.3 Å². The molecule has 1 fully saturated rings. The topological polar surface area (TPSA) is 12.0 Å². The van der Waals surface area contributed by atoms with E-state index in [1.807, 2.05) is 6.07 Å². The van der Waals surface area contributed by atoms with Crippen molar-refractivity contribution in [2.75, 3.05) is 6.54 Å². The normalized spacial score (nSPS) is 19.7. The lowest BCUT2D eigenvalue weighted by Crippen LogP contribution is -2.22. The molecular weight excluding hydrogens is 262 g/mol. The van der Waals surface area contributed by atoms with Crippen molar-refractivity contribution in [2.45, 2.75) is 57.9 Å². The molecule has 1 aromatic rings. The third-order valence-electron chi connectivity index (χ3n) is 3.93. The van der Waals surface area contributed by atoms with Crippen LogP contribution in [0.1, 0.15) is 62.8 Å². The standard InChI is InChI=1S/C15H24ClNS/c1-2-17-13(14-9-10-15(16)18-14)11-12-7-5-3-4-6-8-12/h9-10,12-13,17H,2-8,11H2,1H3. The van der Waals surface area contributed by atoms with E-state index >= 15 is 0 Å². The molecule has 1 aliphatic carbocycles. The first-order valence-corrected chi connectivity index (χ1v) is 8.47. The summed E-state index contributed by atoms with van der Waals surface area (Å²) in [7, 11) is 0. The second-order valence-electron chi connectivity index (χ2n) is 5.35. The van der Waals surface area contributed by atoms with E-state index in [0.717, 1.165) is 16.8 Å². The molecule has 18 heavy (non-hydrogen) atoms. The lowest BCUT2D eigenvalue weighted by molar-refractivity contribution is 0.362. The van der Waals surface area contributed by atoms with Gasteiger partial charge in [-0.25, -0.2) is 0 Å². The zero-order valence-corrected chi connectivity index (χ0v) is 12.8. The number of hydrogen-bond donors (Lipinski definition) is 1. The molecule has 102 valence electrons. The minimum Gasteiger partial charge on any atom is -0.310 e. The Morgan fingerprint density at radius 2 is 2.00 bits per heavy atom. The highest BCUT2D eigenvalue weighted by Crippen LogP contribution is 2.34. The van der Waals surface area contributed by atoms with Gasteiger partial charge in [-0.3, -0.25) is 0 Å². The van der Waals surface area contributed by atoms with Gasteiger partial charge in [-0.1, -0.05) is 57.0 Å². The molecule has 3 heteroatoms. The predicted octanol–water partition coefficient (Wildman–Crippen LogP) is 5.41. The van der Waals surface area contributed by atoms with Crippen LogP contribution in [0.15, 0.2) is 12.1 Å². The van der Waals surface area contributed by atoms with Crippen molar-refractivity contribution >= 4 is 22.9 Å². The predicted molar refractivity (Wildman–Crippen MR) is 81.6 cm³/mol. The SMILES string of the molecule is CCNC(CC1CCCCCC1)c1ccc(Cl)s1. The largest absolute Gasteiger partial charge is 0.310 e. The summed E-state index contributed by atoms with van der Waals surface area (Å²) >= 11 is 7.80. The van der Waals surface area contributed by atoms with Crippen LogP contribution in [0.2, 0.25) is 4.34 Å². The van der Waals surface area contributed by atoms with Gasteiger partial charge in [0.2, 0.25) is 0 Å². The van der Waals surface area contributed by atoms with E-state index in [1.165, 1.54) is 49.8 Å². The molecule has 0 radical (unpaired) electrons. The third kappa shape index (κ3) is 4.25. The zero-order chi connectivity index (χ0) is 12.8. The van der Waals surface area contributed by atoms with Crippen molar-refractivity contribution in [1.29, 1.82) is 0 Å². The Kier molecular flexibility index (Phi) is 6.00. The Balaban J connectivity index is 1.96. The summed E-state index contributed by atoms with van der Waals surface area (Å²) in [5, 5.41) is 3.63. The van der Waals surface area contributed by atoms with Crippen LogP contribution in [0.25, 0.3) is 0 Å². The third-order valence-corrected chi connectivity index (χ3v) is 5.28. The minimum absolute atomic E-state index is 0.510. The lowest BCUT2D eigenvalue weighted by atomic mass is 9.92. The van der Waals surface area contributed by atoms with Crippen LogP contribution in [0, 0.1) is 5.92 Å². The van der Waals surface area contributed by atoms with Gasteiger partial charge in [0.1, 0.15) is 0 Å². The number of thiophene rings is 1. The second-order valence-corrected chi connectivity index (χ2v) is 7.09. The van der Waals surface area contributed by atoms with Crippen LogP contribution in [0.3, 0.4) is 0 Å². The van der Waals surface area contributed by atoms with E-state index in [4.69, 9.17) is 11.6 Å². The molecule has 0 bridgehead atoms. The molecular formula is C15H24ClNS. The van der Waals surface area contributed by atoms with Crippen LogP contribution in [0.5, 0.6) is 0 Å². The molecule has 0 spiro atoms. The molecule has 0 saturated heterocycles. The summed E-state index contributed by atoms with van der Waals surface area (Å²) < 4.78 is 0.911. The molecule has 1 aromatic heterocycles. The van der Waals surface area contributed by atoms with Crippen molar-refractivity contribution < 1.29 is 0 Å². The van der Waals surface area contributed by atoms with Crippen LogP contribution in [-0.2, 0) is 0 Å². The molecule has 0 aliphatic heterocycles. The van der Waals surface area contributed by atoms with Crippen molar-refractivity contribution in [3.05, 3.63) is 21.3 Å². The van der Waals surface area contributed by atoms with Crippen LogP contribution in [0.4, 0.5) is 0 Å². The maximum absolute atomic E-state index is 6.06. The Morgan fingerprint density at radius 1 is 1.28 bits per heavy atom. The molecule has 1 heterocycles. The fraction of sp³-hybridized carbons (Fsp3) is 0.733. The molecule has 1 atom stereocenters. The van der Waals surface area contributed by atoms with Crippen LogP contribution >= 0.6 is 22.9 Å². The van der Waals surface area contributed by atoms with E-state index in [-0.39, 0.29) is 0 Å². The molecule has 1 nitrogen and oxygen atoms in total. The Bertz CT molecular complexity index is 342. The summed E-state index contributed by atoms with van der Waals surface area (Å²) in [5.41, 5.74) is 0. The quantitative estimate of drug-likeness (QED) is 0.713. The van der Waals surface area contributed by atoms with E-state index < -0.39 is 0 Å². The first-order valence-electron chi connectivity index (χ1n) is 7.28. The molecule has 1 aliphatic rings. The van der Waals surface area contributed by atoms with Gasteiger partial charge in [0, 0.05) is 10.9 Å². The monoisotopic (exact) mass is 285 g/mol. The van der Waals surface area contributed by atoms with Gasteiger partial charge < -0.3 is 5.32 Å². The summed E-state index contributed by atoms with van der Waals surface area (Å²) in [6.45, 7) is 3.22. The maximum atomic E-state index is 6.06. The van der Waals surface area contributed by atoms with Crippen LogP contribution < -0.4 is 5.32 Å². The molecule has 2 rings (SSSR count). The van der Waals surface area contributed by atoms with Crippen molar-refractivity contribution in [3.8, 4) is 0 Å². The fourth-order valence-electron chi connectivity index (χ4n) is 2.99. The van der Waals surface area contributed by atoms with E-state index in [2.05, 4.69) is 18.3 Å². The minimum atomic E-state index is 0.510. The highest BCUT2D eigenvalue weighted by Gasteiger charge is 2.20. The van der Waals surface area contributed by atoms with E-state index in [0.29, 0.717) is 6.04 Å². The highest BCUT2D eigenvalue weighted by atomic mass is 35.5. The van der Waals surface area contributed by atoms with Crippen molar-refractivity contribution in [3.63, 3.8) is 0 Å². The van der Waals surface area contributed by atoms with Gasteiger partial charge in [0.05, 0.1) is 4.34 Å².